The number of hydrogen-bond donors (Lipinski definition) is 1. The third-order valence-electron chi connectivity index (χ3n) is 2.13. The van der Waals surface area contributed by atoms with E-state index in [1.807, 2.05) is 6.07 Å². The molecule has 0 saturated heterocycles. The Morgan fingerprint density at radius 3 is 2.53 bits per heavy atom. The molecule has 0 aliphatic carbocycles. The smallest absolute Gasteiger partial charge is 0.151 e. The number of halogens is 3. The molecule has 0 aromatic heterocycles. The van der Waals surface area contributed by atoms with Gasteiger partial charge in [-0.2, -0.15) is 0 Å². The van der Waals surface area contributed by atoms with Gasteiger partial charge in [0.05, 0.1) is 15.7 Å². The highest BCUT2D eigenvalue weighted by atomic mass is 79.9. The Kier molecular flexibility index (Phi) is 3.82. The van der Waals surface area contributed by atoms with Crippen molar-refractivity contribution >= 4 is 44.8 Å². The molecule has 0 aliphatic heterocycles. The van der Waals surface area contributed by atoms with Gasteiger partial charge in [0.1, 0.15) is 5.75 Å². The lowest BCUT2D eigenvalue weighted by molar-refractivity contribution is 0.485. The van der Waals surface area contributed by atoms with Crippen molar-refractivity contribution < 1.29 is 4.74 Å². The predicted octanol–water partition coefficient (Wildman–Crippen LogP) is 5.13. The van der Waals surface area contributed by atoms with Gasteiger partial charge in [0.15, 0.2) is 5.75 Å². The Hall–Kier alpha value is -0.900. The highest BCUT2D eigenvalue weighted by Gasteiger charge is 2.08. The van der Waals surface area contributed by atoms with E-state index in [1.165, 1.54) is 0 Å². The lowest BCUT2D eigenvalue weighted by Gasteiger charge is -2.10. The van der Waals surface area contributed by atoms with Gasteiger partial charge in [0.2, 0.25) is 0 Å². The summed E-state index contributed by atoms with van der Waals surface area (Å²) < 4.78 is 6.50. The lowest BCUT2D eigenvalue weighted by Crippen LogP contribution is -1.93. The summed E-state index contributed by atoms with van der Waals surface area (Å²) in [7, 11) is 0. The maximum absolute atomic E-state index is 6.02. The summed E-state index contributed by atoms with van der Waals surface area (Å²) in [6.07, 6.45) is 0. The SMILES string of the molecule is Nc1c(Cl)cccc1Oc1cc(Br)ccc1Cl. The largest absolute Gasteiger partial charge is 0.454 e. The van der Waals surface area contributed by atoms with E-state index in [0.29, 0.717) is 27.2 Å². The van der Waals surface area contributed by atoms with Gasteiger partial charge in [-0.25, -0.2) is 0 Å². The molecule has 0 atom stereocenters. The van der Waals surface area contributed by atoms with E-state index in [2.05, 4.69) is 15.9 Å². The summed E-state index contributed by atoms with van der Waals surface area (Å²) >= 11 is 15.3. The van der Waals surface area contributed by atoms with E-state index in [0.717, 1.165) is 4.47 Å². The molecule has 0 spiro atoms. The number of benzene rings is 2. The second kappa shape index (κ2) is 5.17. The van der Waals surface area contributed by atoms with Crippen LogP contribution in [0.5, 0.6) is 11.5 Å². The first-order valence-corrected chi connectivity index (χ1v) is 6.29. The maximum atomic E-state index is 6.02. The first-order valence-electron chi connectivity index (χ1n) is 4.75. The van der Waals surface area contributed by atoms with Crippen LogP contribution in [0.1, 0.15) is 0 Å². The molecule has 2 aromatic carbocycles. The molecule has 0 heterocycles. The van der Waals surface area contributed by atoms with Gasteiger partial charge in [-0.05, 0) is 30.3 Å². The lowest BCUT2D eigenvalue weighted by atomic mass is 10.3. The molecule has 5 heteroatoms. The van der Waals surface area contributed by atoms with Crippen molar-refractivity contribution in [3.05, 3.63) is 50.9 Å². The summed E-state index contributed by atoms with van der Waals surface area (Å²) in [6, 6.07) is 10.5. The van der Waals surface area contributed by atoms with Gasteiger partial charge in [-0.1, -0.05) is 45.2 Å². The highest BCUT2D eigenvalue weighted by Crippen LogP contribution is 2.36. The van der Waals surface area contributed by atoms with Crippen molar-refractivity contribution in [1.29, 1.82) is 0 Å². The van der Waals surface area contributed by atoms with E-state index in [4.69, 9.17) is 33.7 Å². The molecule has 0 fully saturated rings. The third kappa shape index (κ3) is 2.86. The second-order valence-corrected chi connectivity index (χ2v) is 5.06. The quantitative estimate of drug-likeness (QED) is 0.773. The van der Waals surface area contributed by atoms with E-state index < -0.39 is 0 Å². The highest BCUT2D eigenvalue weighted by molar-refractivity contribution is 9.10. The van der Waals surface area contributed by atoms with Crippen molar-refractivity contribution in [1.82, 2.24) is 0 Å². The fourth-order valence-corrected chi connectivity index (χ4v) is 1.94. The Morgan fingerprint density at radius 1 is 1.00 bits per heavy atom. The molecular weight excluding hydrogens is 325 g/mol. The van der Waals surface area contributed by atoms with Crippen LogP contribution in [0.4, 0.5) is 5.69 Å². The summed E-state index contributed by atoms with van der Waals surface area (Å²) in [5.74, 6) is 1.01. The van der Waals surface area contributed by atoms with Gasteiger partial charge in [-0.3, -0.25) is 0 Å². The molecule has 0 radical (unpaired) electrons. The van der Waals surface area contributed by atoms with Gasteiger partial charge in [-0.15, -0.1) is 0 Å². The van der Waals surface area contributed by atoms with Crippen molar-refractivity contribution in [3.63, 3.8) is 0 Å². The summed E-state index contributed by atoms with van der Waals surface area (Å²) in [4.78, 5) is 0. The number of nitrogen functional groups attached to an aromatic ring is 1. The molecule has 2 nitrogen and oxygen atoms in total. The average Bonchev–Trinajstić information content (AvgIpc) is 2.30. The Bertz CT molecular complexity index is 560. The van der Waals surface area contributed by atoms with Gasteiger partial charge in [0.25, 0.3) is 0 Å². The fraction of sp³-hybridized carbons (Fsp3) is 0. The summed E-state index contributed by atoms with van der Waals surface area (Å²) in [6.45, 7) is 0. The molecule has 0 saturated carbocycles. The molecule has 2 aromatic rings. The number of rotatable bonds is 2. The standard InChI is InChI=1S/C12H8BrCl2NO/c13-7-4-5-8(14)11(6-7)17-10-3-1-2-9(15)12(10)16/h1-6H,16H2. The van der Waals surface area contributed by atoms with Crippen LogP contribution in [0.3, 0.4) is 0 Å². The molecule has 0 bridgehead atoms. The molecule has 0 aliphatic rings. The van der Waals surface area contributed by atoms with Crippen molar-refractivity contribution in [2.24, 2.45) is 0 Å². The number of hydrogen-bond acceptors (Lipinski definition) is 2. The van der Waals surface area contributed by atoms with E-state index in [9.17, 15) is 0 Å². The molecule has 88 valence electrons. The Balaban J connectivity index is 2.38. The van der Waals surface area contributed by atoms with Crippen LogP contribution < -0.4 is 10.5 Å². The summed E-state index contributed by atoms with van der Waals surface area (Å²) in [5.41, 5.74) is 6.20. The molecular formula is C12H8BrCl2NO. The van der Waals surface area contributed by atoms with Crippen LogP contribution >= 0.6 is 39.1 Å². The van der Waals surface area contributed by atoms with Gasteiger partial charge >= 0.3 is 0 Å². The van der Waals surface area contributed by atoms with Gasteiger partial charge < -0.3 is 10.5 Å². The zero-order chi connectivity index (χ0) is 12.4. The first kappa shape index (κ1) is 12.6. The second-order valence-electron chi connectivity index (χ2n) is 3.33. The van der Waals surface area contributed by atoms with E-state index in [1.54, 1.807) is 30.3 Å². The predicted molar refractivity (Wildman–Crippen MR) is 75.1 cm³/mol. The topological polar surface area (TPSA) is 35.2 Å². The van der Waals surface area contributed by atoms with Gasteiger partial charge in [0, 0.05) is 4.47 Å². The molecule has 0 amide bonds. The Labute approximate surface area is 117 Å². The average molecular weight is 333 g/mol. The minimum atomic E-state index is 0.394. The van der Waals surface area contributed by atoms with Crippen LogP contribution in [-0.2, 0) is 0 Å². The first-order chi connectivity index (χ1) is 8.08. The van der Waals surface area contributed by atoms with Crippen LogP contribution in [-0.4, -0.2) is 0 Å². The normalized spacial score (nSPS) is 10.3. The van der Waals surface area contributed by atoms with E-state index in [-0.39, 0.29) is 0 Å². The summed E-state index contributed by atoms with van der Waals surface area (Å²) in [5, 5.41) is 0.959. The number of para-hydroxylation sites is 1. The number of ether oxygens (including phenoxy) is 1. The van der Waals surface area contributed by atoms with Crippen LogP contribution in [0.2, 0.25) is 10.0 Å². The van der Waals surface area contributed by atoms with Crippen LogP contribution in [0.15, 0.2) is 40.9 Å². The molecule has 2 rings (SSSR count). The zero-order valence-electron chi connectivity index (χ0n) is 8.58. The maximum Gasteiger partial charge on any atom is 0.151 e. The minimum Gasteiger partial charge on any atom is -0.454 e. The Morgan fingerprint density at radius 2 is 1.76 bits per heavy atom. The number of anilines is 1. The van der Waals surface area contributed by atoms with Crippen molar-refractivity contribution in [2.75, 3.05) is 5.73 Å². The monoisotopic (exact) mass is 331 g/mol. The fourth-order valence-electron chi connectivity index (χ4n) is 1.28. The molecule has 17 heavy (non-hydrogen) atoms. The van der Waals surface area contributed by atoms with Crippen LogP contribution in [0.25, 0.3) is 0 Å². The minimum absolute atomic E-state index is 0.394. The van der Waals surface area contributed by atoms with Crippen LogP contribution in [0, 0.1) is 0 Å². The van der Waals surface area contributed by atoms with Crippen molar-refractivity contribution in [2.45, 2.75) is 0 Å². The molecule has 2 N–H and O–H groups in total. The molecule has 0 unspecified atom stereocenters. The number of nitrogens with two attached hydrogens (primary N) is 1. The van der Waals surface area contributed by atoms with E-state index >= 15 is 0 Å². The third-order valence-corrected chi connectivity index (χ3v) is 3.26. The van der Waals surface area contributed by atoms with Crippen molar-refractivity contribution in [3.8, 4) is 11.5 Å². The zero-order valence-corrected chi connectivity index (χ0v) is 11.7.